The van der Waals surface area contributed by atoms with E-state index in [2.05, 4.69) is 16.0 Å². The summed E-state index contributed by atoms with van der Waals surface area (Å²) in [6.07, 6.45) is 3.47. The van der Waals surface area contributed by atoms with Gasteiger partial charge in [-0.2, -0.15) is 0 Å². The van der Waals surface area contributed by atoms with Crippen molar-refractivity contribution in [3.63, 3.8) is 0 Å². The van der Waals surface area contributed by atoms with Crippen molar-refractivity contribution >= 4 is 23.3 Å². The van der Waals surface area contributed by atoms with Crippen LogP contribution in [-0.2, 0) is 11.3 Å². The molecule has 2 aromatic rings. The molecule has 0 radical (unpaired) electrons. The van der Waals surface area contributed by atoms with Crippen LogP contribution in [-0.4, -0.2) is 11.9 Å². The van der Waals surface area contributed by atoms with Gasteiger partial charge in [0.2, 0.25) is 5.91 Å². The summed E-state index contributed by atoms with van der Waals surface area (Å²) < 4.78 is 5.14. The lowest BCUT2D eigenvalue weighted by Gasteiger charge is -2.09. The Morgan fingerprint density at radius 1 is 1.09 bits per heavy atom. The summed E-state index contributed by atoms with van der Waals surface area (Å²) in [6.45, 7) is 0.316. The van der Waals surface area contributed by atoms with Gasteiger partial charge < -0.3 is 20.4 Å². The number of benzene rings is 1. The normalized spacial score (nSPS) is 13.5. The monoisotopic (exact) mass is 299 g/mol. The van der Waals surface area contributed by atoms with E-state index in [0.29, 0.717) is 23.7 Å². The van der Waals surface area contributed by atoms with E-state index in [1.165, 1.54) is 0 Å². The van der Waals surface area contributed by atoms with Gasteiger partial charge in [-0.05, 0) is 43.2 Å². The first-order chi connectivity index (χ1) is 10.7. The molecule has 1 aromatic heterocycles. The molecule has 3 amide bonds. The first-order valence-electron chi connectivity index (χ1n) is 7.19. The van der Waals surface area contributed by atoms with Gasteiger partial charge in [-0.3, -0.25) is 4.79 Å². The molecule has 3 N–H and O–H groups in total. The number of furan rings is 1. The summed E-state index contributed by atoms with van der Waals surface area (Å²) in [4.78, 5) is 23.5. The van der Waals surface area contributed by atoms with Crippen molar-refractivity contribution in [1.82, 2.24) is 5.32 Å². The van der Waals surface area contributed by atoms with E-state index < -0.39 is 0 Å². The van der Waals surface area contributed by atoms with Crippen molar-refractivity contribution in [2.75, 3.05) is 10.6 Å². The van der Waals surface area contributed by atoms with Crippen LogP contribution in [0.5, 0.6) is 0 Å². The van der Waals surface area contributed by atoms with Crippen LogP contribution in [0.3, 0.4) is 0 Å². The van der Waals surface area contributed by atoms with Crippen LogP contribution in [0.15, 0.2) is 47.1 Å². The molecule has 1 saturated carbocycles. The van der Waals surface area contributed by atoms with Gasteiger partial charge in [0, 0.05) is 17.3 Å². The van der Waals surface area contributed by atoms with Gasteiger partial charge in [-0.25, -0.2) is 4.79 Å². The number of hydrogen-bond donors (Lipinski definition) is 3. The lowest BCUT2D eigenvalue weighted by Crippen LogP contribution is -2.28. The Hall–Kier alpha value is -2.76. The smallest absolute Gasteiger partial charge is 0.319 e. The van der Waals surface area contributed by atoms with Gasteiger partial charge in [0.05, 0.1) is 12.8 Å². The third-order valence-corrected chi connectivity index (χ3v) is 3.34. The number of carbonyl (C=O) groups is 2. The minimum atomic E-state index is -0.331. The van der Waals surface area contributed by atoms with Crippen LogP contribution in [0.1, 0.15) is 18.6 Å². The standard InChI is InChI=1S/C16H17N3O3/c20-15(11-6-7-11)18-12-3-1-4-13(9-12)19-16(21)17-10-14-5-2-8-22-14/h1-5,8-9,11H,6-7,10H2,(H,18,20)(H2,17,19,21). The number of urea groups is 1. The summed E-state index contributed by atoms with van der Waals surface area (Å²) in [5.41, 5.74) is 1.30. The van der Waals surface area contributed by atoms with Crippen molar-refractivity contribution in [3.05, 3.63) is 48.4 Å². The van der Waals surface area contributed by atoms with Crippen LogP contribution in [0, 0.1) is 5.92 Å². The van der Waals surface area contributed by atoms with E-state index in [1.807, 2.05) is 0 Å². The van der Waals surface area contributed by atoms with E-state index in [4.69, 9.17) is 4.42 Å². The second-order valence-corrected chi connectivity index (χ2v) is 5.23. The molecule has 114 valence electrons. The first kappa shape index (κ1) is 14.2. The number of carbonyl (C=O) groups excluding carboxylic acids is 2. The van der Waals surface area contributed by atoms with Crippen molar-refractivity contribution in [1.29, 1.82) is 0 Å². The van der Waals surface area contributed by atoms with Gasteiger partial charge in [-0.1, -0.05) is 6.07 Å². The number of rotatable bonds is 5. The highest BCUT2D eigenvalue weighted by atomic mass is 16.3. The Bertz CT molecular complexity index is 663. The number of amides is 3. The predicted molar refractivity (Wildman–Crippen MR) is 82.4 cm³/mol. The third-order valence-electron chi connectivity index (χ3n) is 3.34. The molecule has 1 heterocycles. The minimum Gasteiger partial charge on any atom is -0.467 e. The highest BCUT2D eigenvalue weighted by Gasteiger charge is 2.29. The van der Waals surface area contributed by atoms with Gasteiger partial charge >= 0.3 is 6.03 Å². The lowest BCUT2D eigenvalue weighted by atomic mass is 10.2. The average molecular weight is 299 g/mol. The zero-order chi connectivity index (χ0) is 15.4. The van der Waals surface area contributed by atoms with Gasteiger partial charge in [0.15, 0.2) is 0 Å². The largest absolute Gasteiger partial charge is 0.467 e. The molecule has 3 rings (SSSR count). The fourth-order valence-corrected chi connectivity index (χ4v) is 2.02. The zero-order valence-electron chi connectivity index (χ0n) is 12.0. The fourth-order valence-electron chi connectivity index (χ4n) is 2.02. The second kappa shape index (κ2) is 6.34. The maximum absolute atomic E-state index is 11.8. The zero-order valence-corrected chi connectivity index (χ0v) is 12.0. The van der Waals surface area contributed by atoms with E-state index in [0.717, 1.165) is 12.8 Å². The maximum Gasteiger partial charge on any atom is 0.319 e. The minimum absolute atomic E-state index is 0.0411. The lowest BCUT2D eigenvalue weighted by molar-refractivity contribution is -0.117. The molecule has 1 aromatic carbocycles. The molecule has 6 nitrogen and oxygen atoms in total. The molecule has 22 heavy (non-hydrogen) atoms. The van der Waals surface area contributed by atoms with Crippen LogP contribution in [0.4, 0.5) is 16.2 Å². The number of nitrogens with one attached hydrogen (secondary N) is 3. The second-order valence-electron chi connectivity index (χ2n) is 5.23. The van der Waals surface area contributed by atoms with Crippen LogP contribution in [0.25, 0.3) is 0 Å². The van der Waals surface area contributed by atoms with E-state index >= 15 is 0 Å². The van der Waals surface area contributed by atoms with Crippen molar-refractivity contribution < 1.29 is 14.0 Å². The molecule has 0 bridgehead atoms. The average Bonchev–Trinajstić information content (AvgIpc) is 3.23. The first-order valence-corrected chi connectivity index (χ1v) is 7.19. The van der Waals surface area contributed by atoms with E-state index in [9.17, 15) is 9.59 Å². The molecule has 1 aliphatic rings. The highest BCUT2D eigenvalue weighted by Crippen LogP contribution is 2.30. The number of anilines is 2. The SMILES string of the molecule is O=C(NCc1ccco1)Nc1cccc(NC(=O)C2CC2)c1. The summed E-state index contributed by atoms with van der Waals surface area (Å²) >= 11 is 0. The molecule has 0 aliphatic heterocycles. The van der Waals surface area contributed by atoms with Crippen molar-refractivity contribution in [3.8, 4) is 0 Å². The van der Waals surface area contributed by atoms with Gasteiger partial charge in [-0.15, -0.1) is 0 Å². The summed E-state index contributed by atoms with van der Waals surface area (Å²) in [7, 11) is 0. The van der Waals surface area contributed by atoms with E-state index in [1.54, 1.807) is 42.7 Å². The van der Waals surface area contributed by atoms with Crippen molar-refractivity contribution in [2.24, 2.45) is 5.92 Å². The van der Waals surface area contributed by atoms with Crippen molar-refractivity contribution in [2.45, 2.75) is 19.4 Å². The van der Waals surface area contributed by atoms with Crippen LogP contribution >= 0.6 is 0 Å². The Morgan fingerprint density at radius 2 is 1.86 bits per heavy atom. The maximum atomic E-state index is 11.8. The highest BCUT2D eigenvalue weighted by molar-refractivity contribution is 5.95. The third kappa shape index (κ3) is 3.88. The molecule has 0 atom stereocenters. The molecular weight excluding hydrogens is 282 g/mol. The summed E-state index contributed by atoms with van der Waals surface area (Å²) in [6, 6.07) is 10.3. The van der Waals surface area contributed by atoms with Gasteiger partial charge in [0.1, 0.15) is 5.76 Å². The Morgan fingerprint density at radius 3 is 2.55 bits per heavy atom. The molecule has 0 saturated heterocycles. The predicted octanol–water partition coefficient (Wildman–Crippen LogP) is 2.95. The van der Waals surface area contributed by atoms with Gasteiger partial charge in [0.25, 0.3) is 0 Å². The Kier molecular flexibility index (Phi) is 4.09. The Labute approximate surface area is 127 Å². The summed E-state index contributed by atoms with van der Waals surface area (Å²) in [5, 5.41) is 8.26. The fraction of sp³-hybridized carbons (Fsp3) is 0.250. The van der Waals surface area contributed by atoms with Crippen LogP contribution in [0.2, 0.25) is 0 Å². The molecule has 1 aliphatic carbocycles. The summed E-state index contributed by atoms with van der Waals surface area (Å²) in [5.74, 6) is 0.869. The van der Waals surface area contributed by atoms with E-state index in [-0.39, 0.29) is 17.9 Å². The molecule has 0 spiro atoms. The van der Waals surface area contributed by atoms with Crippen LogP contribution < -0.4 is 16.0 Å². The molecular formula is C16H17N3O3. The topological polar surface area (TPSA) is 83.4 Å². The molecule has 6 heteroatoms. The molecule has 0 unspecified atom stereocenters. The molecule has 1 fully saturated rings. The quantitative estimate of drug-likeness (QED) is 0.793. The number of hydrogen-bond acceptors (Lipinski definition) is 3. The Balaban J connectivity index is 1.52.